The summed E-state index contributed by atoms with van der Waals surface area (Å²) in [7, 11) is 2.88. The van der Waals surface area contributed by atoms with E-state index in [9.17, 15) is 9.59 Å². The monoisotopic (exact) mass is 213 g/mol. The molecular weight excluding hydrogens is 194 g/mol. The van der Waals surface area contributed by atoms with Crippen LogP contribution in [0.15, 0.2) is 11.6 Å². The van der Waals surface area contributed by atoms with Crippen molar-refractivity contribution in [2.75, 3.05) is 20.7 Å². The number of allylic oxidation sites excluding steroid dienone is 1. The quantitative estimate of drug-likeness (QED) is 0.512. The first-order valence-electron chi connectivity index (χ1n) is 5.00. The lowest BCUT2D eigenvalue weighted by molar-refractivity contribution is -0.144. The van der Waals surface area contributed by atoms with Crippen LogP contribution in [0.2, 0.25) is 0 Å². The Balaban J connectivity index is 4.20. The minimum Gasteiger partial charge on any atom is -0.468 e. The molecule has 86 valence electrons. The number of amides is 1. The fourth-order valence-corrected chi connectivity index (χ4v) is 1.12. The first-order valence-corrected chi connectivity index (χ1v) is 5.00. The zero-order valence-corrected chi connectivity index (χ0v) is 9.87. The molecule has 4 nitrogen and oxygen atoms in total. The van der Waals surface area contributed by atoms with Crippen molar-refractivity contribution in [1.29, 1.82) is 0 Å². The number of rotatable bonds is 5. The number of likely N-dealkylation sites (N-methyl/N-ethyl adjacent to an activating group) is 1. The molecule has 0 aromatic heterocycles. The lowest BCUT2D eigenvalue weighted by Crippen LogP contribution is -2.31. The summed E-state index contributed by atoms with van der Waals surface area (Å²) in [6.07, 6.45) is 3.47. The highest BCUT2D eigenvalue weighted by Crippen LogP contribution is 2.03. The number of carbonyl (C=O) groups is 2. The number of ether oxygens (including phenoxy) is 1. The van der Waals surface area contributed by atoms with Crippen LogP contribution in [0.4, 0.5) is 0 Å². The molecule has 0 bridgehead atoms. The molecule has 15 heavy (non-hydrogen) atoms. The molecule has 0 aromatic rings. The van der Waals surface area contributed by atoms with E-state index in [1.165, 1.54) is 12.0 Å². The van der Waals surface area contributed by atoms with Gasteiger partial charge in [0, 0.05) is 13.1 Å². The molecule has 0 saturated heterocycles. The zero-order valence-electron chi connectivity index (χ0n) is 9.87. The zero-order chi connectivity index (χ0) is 11.8. The largest absolute Gasteiger partial charge is 0.468 e. The Morgan fingerprint density at radius 2 is 2.00 bits per heavy atom. The average molecular weight is 213 g/mol. The van der Waals surface area contributed by atoms with E-state index < -0.39 is 5.97 Å². The van der Waals surface area contributed by atoms with Gasteiger partial charge in [-0.15, -0.1) is 0 Å². The molecule has 0 aromatic carbocycles. The van der Waals surface area contributed by atoms with Crippen molar-refractivity contribution >= 4 is 11.9 Å². The Morgan fingerprint density at radius 3 is 2.47 bits per heavy atom. The Kier molecular flexibility index (Phi) is 6.42. The van der Waals surface area contributed by atoms with Gasteiger partial charge in [0.15, 0.2) is 0 Å². The smallest absolute Gasteiger partial charge is 0.325 e. The Labute approximate surface area is 90.9 Å². The highest BCUT2D eigenvalue weighted by Gasteiger charge is 2.10. The predicted octanol–water partition coefficient (Wildman–Crippen LogP) is 1.36. The summed E-state index contributed by atoms with van der Waals surface area (Å²) in [6.45, 7) is 3.96. The number of esters is 1. The molecule has 0 spiro atoms. The van der Waals surface area contributed by atoms with E-state index in [-0.39, 0.29) is 12.5 Å². The van der Waals surface area contributed by atoms with E-state index in [2.05, 4.69) is 11.7 Å². The highest BCUT2D eigenvalue weighted by atomic mass is 16.5. The van der Waals surface area contributed by atoms with Gasteiger partial charge in [0.1, 0.15) is 6.54 Å². The van der Waals surface area contributed by atoms with E-state index in [1.807, 2.05) is 6.92 Å². The Morgan fingerprint density at radius 1 is 1.40 bits per heavy atom. The van der Waals surface area contributed by atoms with Crippen molar-refractivity contribution in [3.63, 3.8) is 0 Å². The van der Waals surface area contributed by atoms with Gasteiger partial charge in [-0.2, -0.15) is 0 Å². The maximum absolute atomic E-state index is 11.5. The van der Waals surface area contributed by atoms with Crippen molar-refractivity contribution in [1.82, 2.24) is 4.90 Å². The van der Waals surface area contributed by atoms with Gasteiger partial charge in [-0.05, 0) is 13.3 Å². The minimum absolute atomic E-state index is 0.00869. The van der Waals surface area contributed by atoms with E-state index in [4.69, 9.17) is 0 Å². The Hall–Kier alpha value is -1.32. The number of carbonyl (C=O) groups excluding carboxylic acids is 2. The first-order chi connectivity index (χ1) is 7.01. The lowest BCUT2D eigenvalue weighted by atomic mass is 10.1. The lowest BCUT2D eigenvalue weighted by Gasteiger charge is -2.13. The summed E-state index contributed by atoms with van der Waals surface area (Å²) in [5, 5.41) is 0. The normalized spacial score (nSPS) is 11.1. The molecule has 0 aliphatic heterocycles. The maximum Gasteiger partial charge on any atom is 0.325 e. The second-order valence-electron chi connectivity index (χ2n) is 3.51. The van der Waals surface area contributed by atoms with Gasteiger partial charge in [0.2, 0.25) is 5.91 Å². The summed E-state index contributed by atoms with van der Waals surface area (Å²) in [5.74, 6) is -0.571. The number of hydrogen-bond acceptors (Lipinski definition) is 3. The van der Waals surface area contributed by atoms with Gasteiger partial charge in [0.05, 0.1) is 7.11 Å². The van der Waals surface area contributed by atoms with Crippen LogP contribution >= 0.6 is 0 Å². The molecule has 1 amide bonds. The summed E-state index contributed by atoms with van der Waals surface area (Å²) < 4.78 is 4.47. The average Bonchev–Trinajstić information content (AvgIpc) is 2.17. The molecule has 0 saturated carbocycles. The van der Waals surface area contributed by atoms with Crippen molar-refractivity contribution in [3.8, 4) is 0 Å². The maximum atomic E-state index is 11.5. The summed E-state index contributed by atoms with van der Waals surface area (Å²) in [6, 6.07) is 0. The second-order valence-corrected chi connectivity index (χ2v) is 3.51. The first kappa shape index (κ1) is 13.7. The second kappa shape index (κ2) is 7.04. The topological polar surface area (TPSA) is 46.6 Å². The van der Waals surface area contributed by atoms with Crippen LogP contribution < -0.4 is 0 Å². The standard InChI is InChI=1S/C11H19NO3/c1-5-6-9(2)7-10(13)12(3)8-11(14)15-4/h7H,5-6,8H2,1-4H3/b9-7+. The number of nitrogens with zero attached hydrogens (tertiary/aromatic N) is 1. The van der Waals surface area contributed by atoms with E-state index in [0.29, 0.717) is 0 Å². The van der Waals surface area contributed by atoms with Crippen LogP contribution in [-0.2, 0) is 14.3 Å². The molecule has 0 atom stereocenters. The fraction of sp³-hybridized carbons (Fsp3) is 0.636. The van der Waals surface area contributed by atoms with Gasteiger partial charge in [0.25, 0.3) is 0 Å². The molecule has 0 unspecified atom stereocenters. The molecule has 0 N–H and O–H groups in total. The van der Waals surface area contributed by atoms with E-state index >= 15 is 0 Å². The molecule has 0 radical (unpaired) electrons. The van der Waals surface area contributed by atoms with Crippen molar-refractivity contribution in [3.05, 3.63) is 11.6 Å². The highest BCUT2D eigenvalue weighted by molar-refractivity contribution is 5.90. The predicted molar refractivity (Wildman–Crippen MR) is 58.3 cm³/mol. The van der Waals surface area contributed by atoms with Gasteiger partial charge >= 0.3 is 5.97 Å². The SMILES string of the molecule is CCC/C(C)=C/C(=O)N(C)CC(=O)OC. The van der Waals surface area contributed by atoms with Crippen LogP contribution in [-0.4, -0.2) is 37.5 Å². The van der Waals surface area contributed by atoms with Gasteiger partial charge in [-0.1, -0.05) is 18.9 Å². The van der Waals surface area contributed by atoms with Crippen LogP contribution in [0, 0.1) is 0 Å². The van der Waals surface area contributed by atoms with E-state index in [1.54, 1.807) is 13.1 Å². The van der Waals surface area contributed by atoms with Crippen molar-refractivity contribution in [2.45, 2.75) is 26.7 Å². The Bertz CT molecular complexity index is 259. The molecular formula is C11H19NO3. The van der Waals surface area contributed by atoms with Crippen LogP contribution in [0.3, 0.4) is 0 Å². The van der Waals surface area contributed by atoms with Crippen LogP contribution in [0.1, 0.15) is 26.7 Å². The number of methoxy groups -OCH3 is 1. The molecule has 0 heterocycles. The third kappa shape index (κ3) is 5.88. The molecule has 0 aliphatic carbocycles. The molecule has 0 fully saturated rings. The summed E-state index contributed by atoms with van der Waals surface area (Å²) in [5.41, 5.74) is 1.03. The molecule has 0 aliphatic rings. The fourth-order valence-electron chi connectivity index (χ4n) is 1.12. The van der Waals surface area contributed by atoms with Gasteiger partial charge < -0.3 is 9.64 Å². The summed E-state index contributed by atoms with van der Waals surface area (Å²) in [4.78, 5) is 23.8. The summed E-state index contributed by atoms with van der Waals surface area (Å²) >= 11 is 0. The van der Waals surface area contributed by atoms with Crippen molar-refractivity contribution in [2.24, 2.45) is 0 Å². The van der Waals surface area contributed by atoms with E-state index in [0.717, 1.165) is 18.4 Å². The minimum atomic E-state index is -0.410. The molecule has 0 rings (SSSR count). The van der Waals surface area contributed by atoms with Crippen LogP contribution in [0.5, 0.6) is 0 Å². The number of hydrogen-bond donors (Lipinski definition) is 0. The third-order valence-corrected chi connectivity index (χ3v) is 1.98. The van der Waals surface area contributed by atoms with Crippen molar-refractivity contribution < 1.29 is 14.3 Å². The van der Waals surface area contributed by atoms with Crippen LogP contribution in [0.25, 0.3) is 0 Å². The third-order valence-electron chi connectivity index (χ3n) is 1.98. The molecule has 4 heteroatoms. The van der Waals surface area contributed by atoms with Gasteiger partial charge in [-0.25, -0.2) is 0 Å². The van der Waals surface area contributed by atoms with Gasteiger partial charge in [-0.3, -0.25) is 9.59 Å².